The summed E-state index contributed by atoms with van der Waals surface area (Å²) in [6.07, 6.45) is 1.59. The molecule has 0 bridgehead atoms. The molecule has 3 rings (SSSR count). The van der Waals surface area contributed by atoms with Crippen molar-refractivity contribution in [3.63, 3.8) is 0 Å². The molecule has 0 aliphatic carbocycles. The van der Waals surface area contributed by atoms with Crippen LogP contribution in [0, 0.1) is 5.82 Å². The Morgan fingerprint density at radius 3 is 2.60 bits per heavy atom. The predicted octanol–water partition coefficient (Wildman–Crippen LogP) is 3.11. The highest BCUT2D eigenvalue weighted by Gasteiger charge is 2.07. The summed E-state index contributed by atoms with van der Waals surface area (Å²) < 4.78 is 22.5. The Balaban J connectivity index is 1.86. The molecule has 0 saturated carbocycles. The molecule has 2 heterocycles. The van der Waals surface area contributed by atoms with Crippen molar-refractivity contribution in [2.24, 2.45) is 0 Å². The van der Waals surface area contributed by atoms with E-state index in [-0.39, 0.29) is 5.82 Å². The Kier molecular flexibility index (Phi) is 3.26. The molecule has 0 aliphatic heterocycles. The second-order valence-electron chi connectivity index (χ2n) is 3.89. The minimum absolute atomic E-state index is 0.310. The maximum Gasteiger partial charge on any atom is 0.200 e. The number of nitrogens with zero attached hydrogens (tertiary/aromatic N) is 3. The fraction of sp³-hybridized carbons (Fsp3) is 0. The number of pyridine rings is 1. The lowest BCUT2D eigenvalue weighted by atomic mass is 10.3. The van der Waals surface area contributed by atoms with E-state index in [0.717, 1.165) is 11.5 Å². The quantitative estimate of drug-likeness (QED) is 0.801. The summed E-state index contributed by atoms with van der Waals surface area (Å²) in [5.41, 5.74) is 6.11. The van der Waals surface area contributed by atoms with Gasteiger partial charge in [0.2, 0.25) is 0 Å². The molecule has 0 amide bonds. The third-order valence-electron chi connectivity index (χ3n) is 2.45. The molecule has 2 N–H and O–H groups in total. The van der Waals surface area contributed by atoms with Crippen molar-refractivity contribution in [3.8, 4) is 23.0 Å². The van der Waals surface area contributed by atoms with Gasteiger partial charge in [-0.25, -0.2) is 4.39 Å². The van der Waals surface area contributed by atoms with Gasteiger partial charge in [-0.2, -0.15) is 9.36 Å². The molecule has 100 valence electrons. The average Bonchev–Trinajstić information content (AvgIpc) is 2.89. The summed E-state index contributed by atoms with van der Waals surface area (Å²) in [5.74, 6) is 1.25. The van der Waals surface area contributed by atoms with Crippen LogP contribution in [-0.2, 0) is 0 Å². The number of benzene rings is 1. The van der Waals surface area contributed by atoms with Crippen LogP contribution in [-0.4, -0.2) is 14.3 Å². The number of aromatic nitrogens is 3. The fourth-order valence-electron chi connectivity index (χ4n) is 1.57. The largest absolute Gasteiger partial charge is 0.457 e. The zero-order chi connectivity index (χ0) is 13.9. The van der Waals surface area contributed by atoms with Crippen LogP contribution in [0.25, 0.3) is 11.5 Å². The SMILES string of the molecule is Nc1nc(-c2cc(Oc3ccc(F)cc3)ccn2)ns1. The molecule has 0 atom stereocenters. The molecule has 5 nitrogen and oxygen atoms in total. The monoisotopic (exact) mass is 288 g/mol. The number of nitrogen functional groups attached to an aromatic ring is 1. The molecule has 1 aromatic carbocycles. The van der Waals surface area contributed by atoms with E-state index in [9.17, 15) is 4.39 Å². The minimum Gasteiger partial charge on any atom is -0.457 e. The van der Waals surface area contributed by atoms with Gasteiger partial charge < -0.3 is 10.5 Å². The summed E-state index contributed by atoms with van der Waals surface area (Å²) in [6.45, 7) is 0. The summed E-state index contributed by atoms with van der Waals surface area (Å²) in [5, 5.41) is 0.381. The first kappa shape index (κ1) is 12.5. The van der Waals surface area contributed by atoms with Crippen molar-refractivity contribution < 1.29 is 9.13 Å². The van der Waals surface area contributed by atoms with Crippen molar-refractivity contribution in [2.75, 3.05) is 5.73 Å². The van der Waals surface area contributed by atoms with Gasteiger partial charge in [-0.15, -0.1) is 0 Å². The number of anilines is 1. The van der Waals surface area contributed by atoms with Crippen LogP contribution in [0.15, 0.2) is 42.6 Å². The zero-order valence-corrected chi connectivity index (χ0v) is 11.0. The van der Waals surface area contributed by atoms with E-state index in [0.29, 0.717) is 28.1 Å². The summed E-state index contributed by atoms with van der Waals surface area (Å²) in [4.78, 5) is 8.22. The van der Waals surface area contributed by atoms with Gasteiger partial charge in [0, 0.05) is 23.8 Å². The second-order valence-corrected chi connectivity index (χ2v) is 4.67. The smallest absolute Gasteiger partial charge is 0.200 e. The first-order valence-corrected chi connectivity index (χ1v) is 6.47. The van der Waals surface area contributed by atoms with Crippen molar-refractivity contribution in [3.05, 3.63) is 48.4 Å². The molecule has 7 heteroatoms. The Morgan fingerprint density at radius 1 is 1.10 bits per heavy atom. The predicted molar refractivity (Wildman–Crippen MR) is 74.0 cm³/mol. The molecule has 3 aromatic rings. The van der Waals surface area contributed by atoms with Gasteiger partial charge in [0.15, 0.2) is 11.0 Å². The number of nitrogens with two attached hydrogens (primary N) is 1. The highest BCUT2D eigenvalue weighted by molar-refractivity contribution is 7.09. The van der Waals surface area contributed by atoms with E-state index in [4.69, 9.17) is 10.5 Å². The van der Waals surface area contributed by atoms with Crippen LogP contribution in [0.2, 0.25) is 0 Å². The third-order valence-corrected chi connectivity index (χ3v) is 2.99. The maximum atomic E-state index is 12.8. The van der Waals surface area contributed by atoms with Crippen LogP contribution in [0.1, 0.15) is 0 Å². The van der Waals surface area contributed by atoms with E-state index >= 15 is 0 Å². The molecule has 0 saturated heterocycles. The van der Waals surface area contributed by atoms with Crippen molar-refractivity contribution in [1.29, 1.82) is 0 Å². The van der Waals surface area contributed by atoms with Gasteiger partial charge in [0.25, 0.3) is 0 Å². The summed E-state index contributed by atoms with van der Waals surface area (Å²) in [6, 6.07) is 9.16. The van der Waals surface area contributed by atoms with Crippen molar-refractivity contribution in [1.82, 2.24) is 14.3 Å². The molecule has 0 spiro atoms. The highest BCUT2D eigenvalue weighted by Crippen LogP contribution is 2.25. The Hall–Kier alpha value is -2.54. The topological polar surface area (TPSA) is 73.9 Å². The van der Waals surface area contributed by atoms with Crippen LogP contribution >= 0.6 is 11.5 Å². The lowest BCUT2D eigenvalue weighted by Gasteiger charge is -2.05. The zero-order valence-electron chi connectivity index (χ0n) is 10.2. The van der Waals surface area contributed by atoms with E-state index < -0.39 is 0 Å². The number of ether oxygens (including phenoxy) is 1. The lowest BCUT2D eigenvalue weighted by Crippen LogP contribution is -1.90. The Morgan fingerprint density at radius 2 is 1.90 bits per heavy atom. The maximum absolute atomic E-state index is 12.8. The van der Waals surface area contributed by atoms with Crippen molar-refractivity contribution in [2.45, 2.75) is 0 Å². The molecule has 0 fully saturated rings. The molecule has 0 aliphatic rings. The first-order valence-electron chi connectivity index (χ1n) is 5.70. The minimum atomic E-state index is -0.310. The van der Waals surface area contributed by atoms with Crippen molar-refractivity contribution >= 4 is 16.7 Å². The molecule has 0 radical (unpaired) electrons. The van der Waals surface area contributed by atoms with E-state index in [1.807, 2.05) is 0 Å². The number of hydrogen-bond acceptors (Lipinski definition) is 6. The van der Waals surface area contributed by atoms with Gasteiger partial charge in [-0.05, 0) is 30.3 Å². The van der Waals surface area contributed by atoms with Gasteiger partial charge in [0.1, 0.15) is 23.0 Å². The van der Waals surface area contributed by atoms with E-state index in [1.165, 1.54) is 12.1 Å². The standard InChI is InChI=1S/C13H9FN4OS/c14-8-1-3-9(4-2-8)19-10-5-6-16-11(7-10)12-17-13(15)20-18-12/h1-7H,(H2,15,17,18). The summed E-state index contributed by atoms with van der Waals surface area (Å²) >= 11 is 1.10. The number of rotatable bonds is 3. The second kappa shape index (κ2) is 5.22. The number of hydrogen-bond donors (Lipinski definition) is 1. The van der Waals surface area contributed by atoms with Gasteiger partial charge >= 0.3 is 0 Å². The average molecular weight is 288 g/mol. The van der Waals surface area contributed by atoms with Gasteiger partial charge in [-0.1, -0.05) is 0 Å². The number of halogens is 1. The molecular weight excluding hydrogens is 279 g/mol. The third kappa shape index (κ3) is 2.72. The van der Waals surface area contributed by atoms with Crippen LogP contribution in [0.3, 0.4) is 0 Å². The van der Waals surface area contributed by atoms with Crippen LogP contribution < -0.4 is 10.5 Å². The van der Waals surface area contributed by atoms with E-state index in [2.05, 4.69) is 14.3 Å². The molecule has 0 unspecified atom stereocenters. The first-order chi connectivity index (χ1) is 9.70. The summed E-state index contributed by atoms with van der Waals surface area (Å²) in [7, 11) is 0. The fourth-order valence-corrected chi connectivity index (χ4v) is 2.02. The van der Waals surface area contributed by atoms with Gasteiger partial charge in [0.05, 0.1) is 0 Å². The van der Waals surface area contributed by atoms with Crippen LogP contribution in [0.5, 0.6) is 11.5 Å². The normalized spacial score (nSPS) is 10.4. The Labute approximate surface area is 118 Å². The highest BCUT2D eigenvalue weighted by atomic mass is 32.1. The molecule has 20 heavy (non-hydrogen) atoms. The molecule has 2 aromatic heterocycles. The molecular formula is C13H9FN4OS. The van der Waals surface area contributed by atoms with Gasteiger partial charge in [-0.3, -0.25) is 4.98 Å². The van der Waals surface area contributed by atoms with E-state index in [1.54, 1.807) is 30.5 Å². The lowest BCUT2D eigenvalue weighted by molar-refractivity contribution is 0.480. The Bertz CT molecular complexity index is 729. The van der Waals surface area contributed by atoms with Crippen LogP contribution in [0.4, 0.5) is 9.52 Å².